The summed E-state index contributed by atoms with van der Waals surface area (Å²) in [5, 5.41) is 0. The van der Waals surface area contributed by atoms with E-state index in [9.17, 15) is 4.79 Å². The minimum atomic E-state index is -0.165. The number of carbonyl (C=O) groups excluding carboxylic acids is 1. The van der Waals surface area contributed by atoms with Gasteiger partial charge in [0.2, 0.25) is 0 Å². The highest BCUT2D eigenvalue weighted by Gasteiger charge is 2.15. The Balaban J connectivity index is 3.35. The van der Waals surface area contributed by atoms with Gasteiger partial charge >= 0.3 is 0 Å². The minimum absolute atomic E-state index is 0.165. The predicted molar refractivity (Wildman–Crippen MR) is 63.4 cm³/mol. The number of rotatable bonds is 5. The molecule has 86 valence electrons. The standard InChI is InChI=1S/C13H16O3/c1-5-11(14)10-7-9(3)8-12(16-6-2)13(10)15-4/h5,7-8H,1,6H2,2-4H3. The Labute approximate surface area is 95.7 Å². The number of ether oxygens (including phenoxy) is 2. The molecule has 0 aliphatic rings. The van der Waals surface area contributed by atoms with Crippen LogP contribution < -0.4 is 9.47 Å². The first kappa shape index (κ1) is 12.3. The first-order valence-electron chi connectivity index (χ1n) is 5.12. The monoisotopic (exact) mass is 220 g/mol. The lowest BCUT2D eigenvalue weighted by Gasteiger charge is -2.13. The average molecular weight is 220 g/mol. The summed E-state index contributed by atoms with van der Waals surface area (Å²) in [4.78, 5) is 11.6. The Hall–Kier alpha value is -1.77. The molecule has 0 bridgehead atoms. The van der Waals surface area contributed by atoms with Crippen LogP contribution in [0.5, 0.6) is 11.5 Å². The summed E-state index contributed by atoms with van der Waals surface area (Å²) in [6.07, 6.45) is 1.27. The molecule has 0 saturated heterocycles. The van der Waals surface area contributed by atoms with Crippen molar-refractivity contribution in [3.63, 3.8) is 0 Å². The van der Waals surface area contributed by atoms with E-state index in [1.807, 2.05) is 19.9 Å². The van der Waals surface area contributed by atoms with Gasteiger partial charge in [-0.15, -0.1) is 0 Å². The van der Waals surface area contributed by atoms with E-state index >= 15 is 0 Å². The molecule has 1 aromatic rings. The van der Waals surface area contributed by atoms with Crippen molar-refractivity contribution in [3.8, 4) is 11.5 Å². The van der Waals surface area contributed by atoms with E-state index in [0.29, 0.717) is 23.7 Å². The molecule has 0 saturated carbocycles. The van der Waals surface area contributed by atoms with E-state index in [2.05, 4.69) is 6.58 Å². The van der Waals surface area contributed by atoms with Gasteiger partial charge in [-0.2, -0.15) is 0 Å². The number of allylic oxidation sites excluding steroid dienone is 1. The second-order valence-electron chi connectivity index (χ2n) is 3.35. The molecule has 0 heterocycles. The Bertz CT molecular complexity index is 408. The molecule has 0 radical (unpaired) electrons. The van der Waals surface area contributed by atoms with Crippen LogP contribution in [0.1, 0.15) is 22.8 Å². The van der Waals surface area contributed by atoms with Gasteiger partial charge in [-0.1, -0.05) is 6.58 Å². The van der Waals surface area contributed by atoms with Crippen LogP contribution in [0.2, 0.25) is 0 Å². The predicted octanol–water partition coefficient (Wildman–Crippen LogP) is 2.77. The molecule has 0 fully saturated rings. The van der Waals surface area contributed by atoms with E-state index in [4.69, 9.17) is 9.47 Å². The lowest BCUT2D eigenvalue weighted by atomic mass is 10.1. The number of aryl methyl sites for hydroxylation is 1. The molecular weight excluding hydrogens is 204 g/mol. The fourth-order valence-electron chi connectivity index (χ4n) is 1.51. The molecule has 16 heavy (non-hydrogen) atoms. The zero-order chi connectivity index (χ0) is 12.1. The number of benzene rings is 1. The van der Waals surface area contributed by atoms with Gasteiger partial charge in [0.15, 0.2) is 17.3 Å². The van der Waals surface area contributed by atoms with Crippen LogP contribution in [-0.4, -0.2) is 19.5 Å². The largest absolute Gasteiger partial charge is 0.492 e. The normalized spacial score (nSPS) is 9.69. The molecule has 1 aromatic carbocycles. The maximum atomic E-state index is 11.6. The fraction of sp³-hybridized carbons (Fsp3) is 0.308. The molecule has 0 unspecified atom stereocenters. The Kier molecular flexibility index (Phi) is 4.11. The number of hydrogen-bond acceptors (Lipinski definition) is 3. The highest BCUT2D eigenvalue weighted by Crippen LogP contribution is 2.33. The summed E-state index contributed by atoms with van der Waals surface area (Å²) in [7, 11) is 1.52. The highest BCUT2D eigenvalue weighted by atomic mass is 16.5. The molecule has 0 aliphatic carbocycles. The molecule has 0 aromatic heterocycles. The lowest BCUT2D eigenvalue weighted by Crippen LogP contribution is -2.03. The summed E-state index contributed by atoms with van der Waals surface area (Å²) in [6, 6.07) is 3.62. The molecule has 0 atom stereocenters. The number of methoxy groups -OCH3 is 1. The second kappa shape index (κ2) is 5.35. The van der Waals surface area contributed by atoms with Crippen LogP contribution in [-0.2, 0) is 0 Å². The van der Waals surface area contributed by atoms with Crippen LogP contribution >= 0.6 is 0 Å². The van der Waals surface area contributed by atoms with Crippen molar-refractivity contribution in [1.29, 1.82) is 0 Å². The summed E-state index contributed by atoms with van der Waals surface area (Å²) >= 11 is 0. The first-order valence-corrected chi connectivity index (χ1v) is 5.12. The highest BCUT2D eigenvalue weighted by molar-refractivity contribution is 6.06. The van der Waals surface area contributed by atoms with Crippen molar-refractivity contribution < 1.29 is 14.3 Å². The molecular formula is C13H16O3. The van der Waals surface area contributed by atoms with E-state index in [-0.39, 0.29) is 5.78 Å². The third-order valence-electron chi connectivity index (χ3n) is 2.15. The van der Waals surface area contributed by atoms with Crippen LogP contribution in [0.15, 0.2) is 24.8 Å². The third kappa shape index (κ3) is 2.42. The number of carbonyl (C=O) groups is 1. The van der Waals surface area contributed by atoms with Gasteiger partial charge < -0.3 is 9.47 Å². The Morgan fingerprint density at radius 2 is 2.19 bits per heavy atom. The van der Waals surface area contributed by atoms with Gasteiger partial charge in [-0.05, 0) is 37.6 Å². The lowest BCUT2D eigenvalue weighted by molar-refractivity contribution is 0.104. The summed E-state index contributed by atoms with van der Waals surface area (Å²) in [5.41, 5.74) is 1.44. The first-order chi connectivity index (χ1) is 7.63. The molecule has 0 amide bonds. The number of hydrogen-bond donors (Lipinski definition) is 0. The molecule has 1 rings (SSSR count). The van der Waals surface area contributed by atoms with Gasteiger partial charge in [0.1, 0.15) is 0 Å². The summed E-state index contributed by atoms with van der Waals surface area (Å²) in [5.74, 6) is 0.897. The van der Waals surface area contributed by atoms with E-state index in [1.54, 1.807) is 6.07 Å². The Morgan fingerprint density at radius 3 is 2.69 bits per heavy atom. The minimum Gasteiger partial charge on any atom is -0.492 e. The topological polar surface area (TPSA) is 35.5 Å². The molecule has 0 N–H and O–H groups in total. The SMILES string of the molecule is C=CC(=O)c1cc(C)cc(OCC)c1OC. The van der Waals surface area contributed by atoms with Gasteiger partial charge in [-0.25, -0.2) is 0 Å². The van der Waals surface area contributed by atoms with Gasteiger partial charge in [0.05, 0.1) is 19.3 Å². The fourth-order valence-corrected chi connectivity index (χ4v) is 1.51. The molecule has 3 heteroatoms. The smallest absolute Gasteiger partial charge is 0.189 e. The third-order valence-corrected chi connectivity index (χ3v) is 2.15. The van der Waals surface area contributed by atoms with Gasteiger partial charge in [-0.3, -0.25) is 4.79 Å². The van der Waals surface area contributed by atoms with Crippen LogP contribution in [0.3, 0.4) is 0 Å². The van der Waals surface area contributed by atoms with Crippen LogP contribution in [0.4, 0.5) is 0 Å². The zero-order valence-electron chi connectivity index (χ0n) is 9.87. The quantitative estimate of drug-likeness (QED) is 0.565. The zero-order valence-corrected chi connectivity index (χ0v) is 9.87. The van der Waals surface area contributed by atoms with Crippen molar-refractivity contribution in [2.24, 2.45) is 0 Å². The molecule has 0 aliphatic heterocycles. The van der Waals surface area contributed by atoms with Crippen molar-refractivity contribution in [3.05, 3.63) is 35.9 Å². The van der Waals surface area contributed by atoms with E-state index in [0.717, 1.165) is 5.56 Å². The summed E-state index contributed by atoms with van der Waals surface area (Å²) in [6.45, 7) is 7.79. The van der Waals surface area contributed by atoms with Gasteiger partial charge in [0, 0.05) is 0 Å². The molecule has 3 nitrogen and oxygen atoms in total. The van der Waals surface area contributed by atoms with Crippen molar-refractivity contribution in [1.82, 2.24) is 0 Å². The van der Waals surface area contributed by atoms with Gasteiger partial charge in [0.25, 0.3) is 0 Å². The van der Waals surface area contributed by atoms with Crippen molar-refractivity contribution >= 4 is 5.78 Å². The molecule has 0 spiro atoms. The summed E-state index contributed by atoms with van der Waals surface area (Å²) < 4.78 is 10.6. The van der Waals surface area contributed by atoms with Crippen LogP contribution in [0, 0.1) is 6.92 Å². The van der Waals surface area contributed by atoms with E-state index < -0.39 is 0 Å². The van der Waals surface area contributed by atoms with Crippen molar-refractivity contribution in [2.45, 2.75) is 13.8 Å². The van der Waals surface area contributed by atoms with Crippen LogP contribution in [0.25, 0.3) is 0 Å². The maximum absolute atomic E-state index is 11.6. The number of ketones is 1. The van der Waals surface area contributed by atoms with E-state index in [1.165, 1.54) is 13.2 Å². The average Bonchev–Trinajstić information content (AvgIpc) is 2.27. The Morgan fingerprint density at radius 1 is 1.50 bits per heavy atom. The second-order valence-corrected chi connectivity index (χ2v) is 3.35. The maximum Gasteiger partial charge on any atom is 0.189 e. The van der Waals surface area contributed by atoms with Crippen molar-refractivity contribution in [2.75, 3.05) is 13.7 Å².